The quantitative estimate of drug-likeness (QED) is 0.618. The minimum Gasteiger partial charge on any atom is -0.335 e. The van der Waals surface area contributed by atoms with Gasteiger partial charge >= 0.3 is 5.69 Å². The van der Waals surface area contributed by atoms with Crippen molar-refractivity contribution in [2.24, 2.45) is 5.92 Å². The summed E-state index contributed by atoms with van der Waals surface area (Å²) in [5, 5.41) is 10.7. The lowest BCUT2D eigenvalue weighted by Crippen LogP contribution is -2.38. The van der Waals surface area contributed by atoms with Crippen molar-refractivity contribution >= 4 is 11.6 Å². The van der Waals surface area contributed by atoms with Gasteiger partial charge in [0.05, 0.1) is 4.92 Å². The van der Waals surface area contributed by atoms with Crippen LogP contribution in [0, 0.1) is 27.7 Å². The fourth-order valence-electron chi connectivity index (χ4n) is 3.20. The summed E-state index contributed by atoms with van der Waals surface area (Å²) in [5.41, 5.74) is -1.69. The van der Waals surface area contributed by atoms with E-state index >= 15 is 0 Å². The Morgan fingerprint density at radius 2 is 2.10 bits per heavy atom. The van der Waals surface area contributed by atoms with Gasteiger partial charge < -0.3 is 4.90 Å². The summed E-state index contributed by atoms with van der Waals surface area (Å²) in [4.78, 5) is 23.4. The number of nitro benzene ring substituents is 1. The predicted molar refractivity (Wildman–Crippen MR) is 65.2 cm³/mol. The van der Waals surface area contributed by atoms with Gasteiger partial charge in [-0.25, -0.2) is 4.39 Å². The maximum atomic E-state index is 14.0. The highest BCUT2D eigenvalue weighted by atomic mass is 19.1. The summed E-state index contributed by atoms with van der Waals surface area (Å²) in [7, 11) is 0. The van der Waals surface area contributed by atoms with Gasteiger partial charge in [0.15, 0.2) is 0 Å². The van der Waals surface area contributed by atoms with E-state index in [2.05, 4.69) is 0 Å². The number of carbonyl (C=O) groups excluding carboxylic acids is 1. The van der Waals surface area contributed by atoms with Gasteiger partial charge in [-0.3, -0.25) is 14.9 Å². The summed E-state index contributed by atoms with van der Waals surface area (Å²) in [6, 6.07) is 1.51. The van der Waals surface area contributed by atoms with E-state index in [4.69, 9.17) is 0 Å². The highest BCUT2D eigenvalue weighted by Crippen LogP contribution is 2.38. The molecular weight excluding hydrogens is 270 g/mol. The van der Waals surface area contributed by atoms with E-state index in [9.17, 15) is 23.7 Å². The molecule has 20 heavy (non-hydrogen) atoms. The number of rotatable bonds is 2. The second kappa shape index (κ2) is 4.50. The molecule has 0 N–H and O–H groups in total. The van der Waals surface area contributed by atoms with E-state index in [-0.39, 0.29) is 6.04 Å². The third-order valence-electron chi connectivity index (χ3n) is 4.15. The van der Waals surface area contributed by atoms with Crippen molar-refractivity contribution in [3.05, 3.63) is 39.4 Å². The first kappa shape index (κ1) is 13.0. The predicted octanol–water partition coefficient (Wildman–Crippen LogP) is 2.50. The Labute approximate surface area is 113 Å². The first-order valence-electron chi connectivity index (χ1n) is 6.42. The maximum Gasteiger partial charge on any atom is 0.305 e. The number of nitro groups is 1. The first-order chi connectivity index (χ1) is 9.49. The van der Waals surface area contributed by atoms with Gasteiger partial charge in [0.1, 0.15) is 11.4 Å². The molecule has 2 bridgehead atoms. The van der Waals surface area contributed by atoms with E-state index in [1.807, 2.05) is 0 Å². The number of benzene rings is 1. The van der Waals surface area contributed by atoms with Crippen LogP contribution in [0.3, 0.4) is 0 Å². The summed E-state index contributed by atoms with van der Waals surface area (Å²) in [5.74, 6) is -2.84. The zero-order valence-electron chi connectivity index (χ0n) is 10.5. The molecule has 7 heteroatoms. The first-order valence-corrected chi connectivity index (χ1v) is 6.42. The van der Waals surface area contributed by atoms with Gasteiger partial charge in [0, 0.05) is 18.7 Å². The lowest BCUT2D eigenvalue weighted by atomic mass is 10.1. The molecule has 2 fully saturated rings. The second-order valence-corrected chi connectivity index (χ2v) is 5.30. The van der Waals surface area contributed by atoms with Crippen LogP contribution in [0.2, 0.25) is 0 Å². The lowest BCUT2D eigenvalue weighted by molar-refractivity contribution is -0.387. The maximum absolute atomic E-state index is 14.0. The molecule has 2 aliphatic rings. The van der Waals surface area contributed by atoms with Crippen LogP contribution in [-0.2, 0) is 0 Å². The molecule has 1 aromatic carbocycles. The molecule has 1 aromatic rings. The van der Waals surface area contributed by atoms with Gasteiger partial charge in [-0.1, -0.05) is 0 Å². The van der Waals surface area contributed by atoms with Crippen molar-refractivity contribution in [2.45, 2.75) is 25.3 Å². The molecule has 2 atom stereocenters. The van der Waals surface area contributed by atoms with E-state index in [0.29, 0.717) is 12.5 Å². The van der Waals surface area contributed by atoms with Crippen LogP contribution < -0.4 is 0 Å². The van der Waals surface area contributed by atoms with Gasteiger partial charge in [-0.2, -0.15) is 4.39 Å². The summed E-state index contributed by atoms with van der Waals surface area (Å²) < 4.78 is 27.7. The monoisotopic (exact) mass is 282 g/mol. The molecule has 1 heterocycles. The normalized spacial score (nSPS) is 24.2. The van der Waals surface area contributed by atoms with Crippen LogP contribution in [0.1, 0.15) is 29.6 Å². The second-order valence-electron chi connectivity index (χ2n) is 5.30. The topological polar surface area (TPSA) is 63.4 Å². The van der Waals surface area contributed by atoms with Crippen LogP contribution in [-0.4, -0.2) is 28.3 Å². The Balaban J connectivity index is 1.99. The highest BCUT2D eigenvalue weighted by molar-refractivity contribution is 5.96. The largest absolute Gasteiger partial charge is 0.335 e. The molecule has 1 amide bonds. The van der Waals surface area contributed by atoms with Crippen molar-refractivity contribution in [1.29, 1.82) is 0 Å². The Bertz CT molecular complexity index is 606. The van der Waals surface area contributed by atoms with E-state index in [1.165, 1.54) is 4.90 Å². The Morgan fingerprint density at radius 3 is 2.65 bits per heavy atom. The Kier molecular flexibility index (Phi) is 2.92. The third-order valence-corrected chi connectivity index (χ3v) is 4.15. The highest BCUT2D eigenvalue weighted by Gasteiger charge is 2.42. The standard InChI is InChI=1S/C13H12F2N2O3/c14-9-3-4-10(17(19)20)12(15)11(9)13(18)16-6-7-1-2-8(16)5-7/h3-4,7-8H,1-2,5-6H2. The number of carbonyl (C=O) groups is 1. The SMILES string of the molecule is O=C(c1c(F)ccc([N+](=O)[O-])c1F)N1CC2CCC1C2. The molecule has 1 aliphatic heterocycles. The number of nitrogens with zero attached hydrogens (tertiary/aromatic N) is 2. The zero-order chi connectivity index (χ0) is 14.4. The van der Waals surface area contributed by atoms with Crippen molar-refractivity contribution in [3.8, 4) is 0 Å². The molecule has 0 spiro atoms. The van der Waals surface area contributed by atoms with Crippen LogP contribution >= 0.6 is 0 Å². The number of hydrogen-bond donors (Lipinski definition) is 0. The van der Waals surface area contributed by atoms with Gasteiger partial charge in [-0.05, 0) is 31.2 Å². The minimum atomic E-state index is -1.39. The van der Waals surface area contributed by atoms with Crippen LogP contribution in [0.5, 0.6) is 0 Å². The van der Waals surface area contributed by atoms with E-state index in [0.717, 1.165) is 31.4 Å². The molecule has 1 saturated carbocycles. The Hall–Kier alpha value is -2.05. The van der Waals surface area contributed by atoms with E-state index < -0.39 is 33.7 Å². The Morgan fingerprint density at radius 1 is 1.35 bits per heavy atom. The van der Waals surface area contributed by atoms with Crippen LogP contribution in [0.4, 0.5) is 14.5 Å². The third kappa shape index (κ3) is 1.85. The van der Waals surface area contributed by atoms with Gasteiger partial charge in [-0.15, -0.1) is 0 Å². The average Bonchev–Trinajstić information content (AvgIpc) is 3.00. The number of hydrogen-bond acceptors (Lipinski definition) is 3. The minimum absolute atomic E-state index is 0.00515. The number of piperidine rings is 1. The van der Waals surface area contributed by atoms with E-state index in [1.54, 1.807) is 0 Å². The van der Waals surface area contributed by atoms with Gasteiger partial charge in [0.25, 0.3) is 5.91 Å². The molecule has 2 unspecified atom stereocenters. The van der Waals surface area contributed by atoms with Crippen molar-refractivity contribution in [1.82, 2.24) is 4.90 Å². The van der Waals surface area contributed by atoms with Crippen molar-refractivity contribution in [3.63, 3.8) is 0 Å². The zero-order valence-corrected chi connectivity index (χ0v) is 10.5. The molecule has 1 saturated heterocycles. The average molecular weight is 282 g/mol. The molecule has 3 rings (SSSR count). The smallest absolute Gasteiger partial charge is 0.305 e. The number of halogens is 2. The number of amides is 1. The molecular formula is C13H12F2N2O3. The number of likely N-dealkylation sites (tertiary alicyclic amines) is 1. The summed E-state index contributed by atoms with van der Waals surface area (Å²) in [6.45, 7) is 0.477. The fourth-order valence-corrected chi connectivity index (χ4v) is 3.20. The fraction of sp³-hybridized carbons (Fsp3) is 0.462. The van der Waals surface area contributed by atoms with Crippen LogP contribution in [0.15, 0.2) is 12.1 Å². The van der Waals surface area contributed by atoms with Crippen LogP contribution in [0.25, 0.3) is 0 Å². The van der Waals surface area contributed by atoms with Gasteiger partial charge in [0.2, 0.25) is 5.82 Å². The lowest BCUT2D eigenvalue weighted by Gasteiger charge is -2.27. The summed E-state index contributed by atoms with van der Waals surface area (Å²) in [6.07, 6.45) is 2.70. The molecule has 0 radical (unpaired) electrons. The molecule has 0 aromatic heterocycles. The molecule has 5 nitrogen and oxygen atoms in total. The molecule has 1 aliphatic carbocycles. The number of fused-ring (bicyclic) bond motifs is 2. The summed E-state index contributed by atoms with van der Waals surface area (Å²) >= 11 is 0. The molecule has 106 valence electrons. The van der Waals surface area contributed by atoms with Crippen molar-refractivity contribution < 1.29 is 18.5 Å². The van der Waals surface area contributed by atoms with Crippen molar-refractivity contribution in [2.75, 3.05) is 6.54 Å².